The first-order chi connectivity index (χ1) is 15.5. The van der Waals surface area contributed by atoms with Gasteiger partial charge in [-0.25, -0.2) is 0 Å². The van der Waals surface area contributed by atoms with Gasteiger partial charge in [0.05, 0.1) is 6.61 Å². The van der Waals surface area contributed by atoms with Gasteiger partial charge in [0.25, 0.3) is 5.91 Å². The zero-order chi connectivity index (χ0) is 22.5. The molecule has 6 nitrogen and oxygen atoms in total. The molecule has 32 heavy (non-hydrogen) atoms. The van der Waals surface area contributed by atoms with Gasteiger partial charge in [-0.2, -0.15) is 0 Å². The summed E-state index contributed by atoms with van der Waals surface area (Å²) in [4.78, 5) is 25.7. The van der Waals surface area contributed by atoms with E-state index >= 15 is 0 Å². The molecule has 1 aliphatic rings. The summed E-state index contributed by atoms with van der Waals surface area (Å²) in [6.45, 7) is 2.52. The van der Waals surface area contributed by atoms with Crippen molar-refractivity contribution in [2.45, 2.75) is 19.0 Å². The van der Waals surface area contributed by atoms with Gasteiger partial charge in [0.1, 0.15) is 5.75 Å². The third kappa shape index (κ3) is 4.81. The number of halogens is 1. The summed E-state index contributed by atoms with van der Waals surface area (Å²) in [6.07, 6.45) is 1.83. The molecular formula is C25H23ClN3O3+. The molecule has 0 unspecified atom stereocenters. The molecule has 1 heterocycles. The average Bonchev–Trinajstić information content (AvgIpc) is 3.11. The maximum absolute atomic E-state index is 12.9. The number of ether oxygens (including phenoxy) is 1. The molecule has 4 rings (SSSR count). The summed E-state index contributed by atoms with van der Waals surface area (Å²) in [5, 5.41) is 3.48. The first-order valence-corrected chi connectivity index (χ1v) is 10.7. The molecule has 0 aromatic heterocycles. The van der Waals surface area contributed by atoms with Gasteiger partial charge in [-0.05, 0) is 55.5 Å². The molecule has 3 aromatic carbocycles. The summed E-state index contributed by atoms with van der Waals surface area (Å²) in [6, 6.07) is 22.4. The Morgan fingerprint density at radius 3 is 2.41 bits per heavy atom. The molecular weight excluding hydrogens is 426 g/mol. The van der Waals surface area contributed by atoms with Crippen molar-refractivity contribution >= 4 is 29.6 Å². The Kier molecular flexibility index (Phi) is 6.52. The van der Waals surface area contributed by atoms with Crippen LogP contribution in [0.2, 0.25) is 5.02 Å². The molecule has 1 aliphatic heterocycles. The van der Waals surface area contributed by atoms with E-state index in [0.29, 0.717) is 17.2 Å². The van der Waals surface area contributed by atoms with Crippen LogP contribution in [0.3, 0.4) is 0 Å². The zero-order valence-electron chi connectivity index (χ0n) is 17.5. The molecule has 0 bridgehead atoms. The number of nitrogens with zero attached hydrogens (tertiary/aromatic N) is 1. The van der Waals surface area contributed by atoms with Crippen LogP contribution in [0.5, 0.6) is 5.75 Å². The lowest BCUT2D eigenvalue weighted by molar-refractivity contribution is -0.596. The number of hydrogen-bond donors (Lipinski definition) is 2. The molecule has 7 heteroatoms. The Labute approximate surface area is 191 Å². The zero-order valence-corrected chi connectivity index (χ0v) is 18.3. The summed E-state index contributed by atoms with van der Waals surface area (Å²) in [7, 11) is 0. The molecule has 162 valence electrons. The minimum atomic E-state index is -0.789. The largest absolute Gasteiger partial charge is 0.494 e. The highest BCUT2D eigenvalue weighted by atomic mass is 35.5. The van der Waals surface area contributed by atoms with Crippen LogP contribution in [0.4, 0.5) is 0 Å². The van der Waals surface area contributed by atoms with Crippen LogP contribution in [0, 0.1) is 0 Å². The minimum absolute atomic E-state index is 0.295. The van der Waals surface area contributed by atoms with Gasteiger partial charge in [-0.3, -0.25) is 9.59 Å². The number of hydrazine groups is 1. The molecule has 1 fully saturated rings. The van der Waals surface area contributed by atoms with Crippen molar-refractivity contribution < 1.29 is 19.0 Å². The second-order valence-electron chi connectivity index (χ2n) is 7.33. The second kappa shape index (κ2) is 9.66. The van der Waals surface area contributed by atoms with Gasteiger partial charge in [-0.1, -0.05) is 41.9 Å². The number of rotatable bonds is 6. The first-order valence-electron chi connectivity index (χ1n) is 10.3. The van der Waals surface area contributed by atoms with Gasteiger partial charge >= 0.3 is 5.91 Å². The molecule has 0 saturated carbocycles. The Morgan fingerprint density at radius 2 is 1.75 bits per heavy atom. The molecule has 1 saturated heterocycles. The lowest BCUT2D eigenvalue weighted by atomic mass is 10.00. The molecule has 3 aromatic rings. The van der Waals surface area contributed by atoms with Crippen molar-refractivity contribution in [3.05, 3.63) is 101 Å². The topological polar surface area (TPSA) is 70.4 Å². The van der Waals surface area contributed by atoms with Crippen molar-refractivity contribution in [3.63, 3.8) is 0 Å². The summed E-state index contributed by atoms with van der Waals surface area (Å²) >= 11 is 6.07. The fraction of sp³-hybridized carbons (Fsp3) is 0.160. The predicted molar refractivity (Wildman–Crippen MR) is 123 cm³/mol. The number of hydrogen-bond acceptors (Lipinski definition) is 3. The van der Waals surface area contributed by atoms with Crippen molar-refractivity contribution in [3.8, 4) is 5.75 Å². The minimum Gasteiger partial charge on any atom is -0.494 e. The van der Waals surface area contributed by atoms with E-state index in [1.807, 2.05) is 55.6 Å². The van der Waals surface area contributed by atoms with E-state index in [2.05, 4.69) is 10.7 Å². The molecule has 2 atom stereocenters. The van der Waals surface area contributed by atoms with E-state index in [4.69, 9.17) is 16.3 Å². The molecule has 2 amide bonds. The first kappa shape index (κ1) is 21.6. The number of nitrogens with one attached hydrogen (secondary N) is 2. The lowest BCUT2D eigenvalue weighted by Crippen LogP contribution is -2.42. The van der Waals surface area contributed by atoms with Gasteiger partial charge in [0.15, 0.2) is 6.04 Å². The van der Waals surface area contributed by atoms with E-state index in [-0.39, 0.29) is 11.8 Å². The third-order valence-electron chi connectivity index (χ3n) is 5.15. The summed E-state index contributed by atoms with van der Waals surface area (Å²) < 4.78 is 7.21. The quantitative estimate of drug-likeness (QED) is 0.564. The van der Waals surface area contributed by atoms with Crippen LogP contribution in [-0.4, -0.2) is 35.4 Å². The van der Waals surface area contributed by atoms with E-state index in [0.717, 1.165) is 16.9 Å². The van der Waals surface area contributed by atoms with Crippen molar-refractivity contribution in [2.75, 3.05) is 6.61 Å². The van der Waals surface area contributed by atoms with Crippen LogP contribution in [0.15, 0.2) is 78.9 Å². The fourth-order valence-electron chi connectivity index (χ4n) is 3.63. The van der Waals surface area contributed by atoms with E-state index in [9.17, 15) is 9.59 Å². The smallest absolute Gasteiger partial charge is 0.304 e. The number of amides is 2. The Hall–Kier alpha value is -3.64. The highest BCUT2D eigenvalue weighted by Crippen LogP contribution is 2.27. The number of hydrazone groups is 1. The van der Waals surface area contributed by atoms with Crippen molar-refractivity contribution in [1.82, 2.24) is 10.7 Å². The molecule has 0 radical (unpaired) electrons. The third-order valence-corrected chi connectivity index (χ3v) is 5.40. The molecule has 0 aliphatic carbocycles. The Bertz CT molecular complexity index is 1130. The van der Waals surface area contributed by atoms with Gasteiger partial charge < -0.3 is 10.1 Å². The van der Waals surface area contributed by atoms with E-state index in [1.165, 1.54) is 0 Å². The van der Waals surface area contributed by atoms with Gasteiger partial charge in [0.2, 0.25) is 12.3 Å². The van der Waals surface area contributed by atoms with Crippen LogP contribution in [0.25, 0.3) is 0 Å². The number of benzene rings is 3. The summed E-state index contributed by atoms with van der Waals surface area (Å²) in [5.74, 6) is 0.168. The van der Waals surface area contributed by atoms with Crippen molar-refractivity contribution in [2.24, 2.45) is 0 Å². The van der Waals surface area contributed by atoms with Crippen molar-refractivity contribution in [1.29, 1.82) is 0 Å². The van der Waals surface area contributed by atoms with Crippen LogP contribution < -0.4 is 15.5 Å². The van der Waals surface area contributed by atoms with Gasteiger partial charge in [0, 0.05) is 21.7 Å². The fourth-order valence-corrected chi connectivity index (χ4v) is 3.76. The lowest BCUT2D eigenvalue weighted by Gasteiger charge is -2.15. The standard InChI is InChI=1S/C25H22ClN3O3/c1-2-32-21-14-8-17(9-15-21)16-29-23(18-10-12-20(26)13-11-18)22(25(31)28-29)27-24(30)19-6-4-3-5-7-19/h3-16,22-23H,2H2,1H3,(H-,27,28,30,31)/p+1/b29-16-/t22-,23-/m0/s1. The number of carbonyl (C=O) groups excluding carboxylic acids is 2. The maximum atomic E-state index is 12.9. The maximum Gasteiger partial charge on any atom is 0.304 e. The monoisotopic (exact) mass is 448 g/mol. The van der Waals surface area contributed by atoms with E-state index < -0.39 is 12.1 Å². The van der Waals surface area contributed by atoms with E-state index in [1.54, 1.807) is 41.1 Å². The number of carbonyl (C=O) groups is 2. The molecule has 0 spiro atoms. The second-order valence-corrected chi connectivity index (χ2v) is 7.76. The van der Waals surface area contributed by atoms with Crippen LogP contribution >= 0.6 is 11.6 Å². The normalized spacial score (nSPS) is 18.9. The average molecular weight is 449 g/mol. The van der Waals surface area contributed by atoms with Crippen LogP contribution in [-0.2, 0) is 4.79 Å². The summed E-state index contributed by atoms with van der Waals surface area (Å²) in [5.41, 5.74) is 5.08. The Balaban J connectivity index is 1.67. The predicted octanol–water partition coefficient (Wildman–Crippen LogP) is 3.75. The highest BCUT2D eigenvalue weighted by Gasteiger charge is 2.47. The highest BCUT2D eigenvalue weighted by molar-refractivity contribution is 6.30. The molecule has 2 N–H and O–H groups in total. The Morgan fingerprint density at radius 1 is 1.06 bits per heavy atom. The van der Waals surface area contributed by atoms with Gasteiger partial charge in [-0.15, -0.1) is 10.1 Å². The SMILES string of the molecule is CCOc1ccc(/C=[N+]2\NC(=O)[C@@H](NC(=O)c3ccccc3)[C@@H]2c2ccc(Cl)cc2)cc1. The van der Waals surface area contributed by atoms with Crippen LogP contribution in [0.1, 0.15) is 34.5 Å².